The number of aromatic hydroxyl groups is 1. The molecule has 1 aromatic heterocycles. The quantitative estimate of drug-likeness (QED) is 0.187. The number of phenols is 1. The Hall–Kier alpha value is -4.66. The summed E-state index contributed by atoms with van der Waals surface area (Å²) < 4.78 is 40.2. The molecule has 6 atom stereocenters. The van der Waals surface area contributed by atoms with E-state index in [1.54, 1.807) is 18.2 Å². The lowest BCUT2D eigenvalue weighted by Crippen LogP contribution is -2.53. The number of likely N-dealkylation sites (tertiary alicyclic amines) is 1. The van der Waals surface area contributed by atoms with Gasteiger partial charge in [-0.1, -0.05) is 58.6 Å². The number of halogens is 6. The summed E-state index contributed by atoms with van der Waals surface area (Å²) in [6, 6.07) is 10.9. The summed E-state index contributed by atoms with van der Waals surface area (Å²) in [5.41, 5.74) is 0.388. The van der Waals surface area contributed by atoms with E-state index in [0.717, 1.165) is 4.90 Å². The first-order valence-electron chi connectivity index (χ1n) is 15.9. The van der Waals surface area contributed by atoms with Crippen molar-refractivity contribution in [2.24, 2.45) is 23.7 Å². The zero-order valence-corrected chi connectivity index (χ0v) is 28.8. The maximum Gasteiger partial charge on any atom is 0.417 e. The standard InChI is InChI=1S/C35H26Cl3F3N4O7/c36-17-3-1-15(2-4-17)34-23(31(50)45(33(34)52)43-29-24(38)11-16(14-42-29)35(39,40)41)13-21-19(28(34)22-12-18(37)5-8-25(22)46)6-7-20-27(21)32(51)44(30(20)49)10-9-26(47)48/h1-6,8,11-12,14,20-21,23,27-28,46H,7,9-10,13H2,(H,42,43)(H,47,48)/t20-,21+,23-,27-,28+,34+/m0/s1. The van der Waals surface area contributed by atoms with Crippen LogP contribution in [0.25, 0.3) is 0 Å². The van der Waals surface area contributed by atoms with Crippen molar-refractivity contribution in [2.45, 2.75) is 36.8 Å². The number of nitrogens with zero attached hydrogens (tertiary/aromatic N) is 3. The van der Waals surface area contributed by atoms with E-state index < -0.39 is 93.6 Å². The third kappa shape index (κ3) is 5.50. The number of pyridine rings is 1. The van der Waals surface area contributed by atoms with Crippen LogP contribution >= 0.6 is 34.8 Å². The molecule has 3 N–H and O–H groups in total. The molecule has 270 valence electrons. The van der Waals surface area contributed by atoms with Gasteiger partial charge in [-0.15, -0.1) is 0 Å². The lowest BCUT2D eigenvalue weighted by Gasteiger charge is -2.50. The van der Waals surface area contributed by atoms with Gasteiger partial charge in [0.2, 0.25) is 11.8 Å². The summed E-state index contributed by atoms with van der Waals surface area (Å²) in [6.45, 7) is -0.352. The third-order valence-corrected chi connectivity index (χ3v) is 11.3. The largest absolute Gasteiger partial charge is 0.508 e. The van der Waals surface area contributed by atoms with Crippen LogP contribution in [0, 0.1) is 23.7 Å². The van der Waals surface area contributed by atoms with E-state index in [4.69, 9.17) is 34.8 Å². The number of aromatic nitrogens is 1. The first-order chi connectivity index (χ1) is 24.5. The highest BCUT2D eigenvalue weighted by Crippen LogP contribution is 2.65. The molecule has 4 amide bonds. The minimum absolute atomic E-state index is 0.0407. The number of benzene rings is 2. The van der Waals surface area contributed by atoms with Crippen molar-refractivity contribution in [3.63, 3.8) is 0 Å². The van der Waals surface area contributed by atoms with E-state index in [0.29, 0.717) is 33.4 Å². The fourth-order valence-corrected chi connectivity index (χ4v) is 8.89. The lowest BCUT2D eigenvalue weighted by molar-refractivity contribution is -0.143. The molecule has 0 unspecified atom stereocenters. The number of hydrogen-bond donors (Lipinski definition) is 3. The second-order valence-electron chi connectivity index (χ2n) is 13.1. The van der Waals surface area contributed by atoms with Gasteiger partial charge in [0.1, 0.15) is 5.75 Å². The average Bonchev–Trinajstić information content (AvgIpc) is 3.46. The van der Waals surface area contributed by atoms with Crippen LogP contribution < -0.4 is 5.43 Å². The minimum Gasteiger partial charge on any atom is -0.508 e. The number of alkyl halides is 3. The average molecular weight is 778 g/mol. The van der Waals surface area contributed by atoms with Crippen molar-refractivity contribution < 1.29 is 47.4 Å². The molecule has 3 aromatic rings. The third-order valence-electron chi connectivity index (χ3n) is 10.5. The molecule has 3 heterocycles. The van der Waals surface area contributed by atoms with E-state index in [-0.39, 0.29) is 35.7 Å². The number of imide groups is 2. The molecule has 0 bridgehead atoms. The molecule has 0 radical (unpaired) electrons. The van der Waals surface area contributed by atoms with Crippen LogP contribution in [0.4, 0.5) is 19.0 Å². The molecule has 1 saturated carbocycles. The Morgan fingerprint density at radius 2 is 1.65 bits per heavy atom. The topological polar surface area (TPSA) is 157 Å². The Bertz CT molecular complexity index is 2100. The molecular formula is C35H26Cl3F3N4O7. The molecule has 52 heavy (non-hydrogen) atoms. The van der Waals surface area contributed by atoms with Gasteiger partial charge in [0.05, 0.1) is 40.2 Å². The first kappa shape index (κ1) is 35.7. The predicted octanol–water partition coefficient (Wildman–Crippen LogP) is 6.23. The molecule has 4 aliphatic rings. The number of hydrazine groups is 1. The van der Waals surface area contributed by atoms with Crippen molar-refractivity contribution in [1.29, 1.82) is 0 Å². The molecule has 2 aromatic carbocycles. The SMILES string of the molecule is O=C(O)CCN1C(=O)[C@H]2[C@H](CC=C3[C@H]2C[C@H]2C(=O)N(Nc4ncc(C(F)(F)F)cc4Cl)C(=O)[C@@]2(c2ccc(Cl)cc2)[C@H]3c2cc(Cl)ccc2O)C1=O. The number of fused-ring (bicyclic) bond motifs is 4. The van der Waals surface area contributed by atoms with Crippen molar-refractivity contribution in [1.82, 2.24) is 14.9 Å². The zero-order valence-electron chi connectivity index (χ0n) is 26.5. The van der Waals surface area contributed by atoms with Crippen molar-refractivity contribution >= 4 is 70.2 Å². The zero-order chi connectivity index (χ0) is 37.4. The number of anilines is 1. The lowest BCUT2D eigenvalue weighted by atomic mass is 9.49. The molecule has 7 rings (SSSR count). The van der Waals surface area contributed by atoms with E-state index in [9.17, 15) is 42.6 Å². The van der Waals surface area contributed by atoms with Gasteiger partial charge < -0.3 is 10.2 Å². The number of amides is 4. The Balaban J connectivity index is 1.42. The van der Waals surface area contributed by atoms with Crippen LogP contribution in [-0.4, -0.2) is 61.2 Å². The summed E-state index contributed by atoms with van der Waals surface area (Å²) in [6.07, 6.45) is -3.16. The van der Waals surface area contributed by atoms with Crippen molar-refractivity contribution in [3.05, 3.63) is 98.1 Å². The number of hydrogen-bond acceptors (Lipinski definition) is 8. The smallest absolute Gasteiger partial charge is 0.417 e. The van der Waals surface area contributed by atoms with Gasteiger partial charge in [0, 0.05) is 34.3 Å². The monoisotopic (exact) mass is 776 g/mol. The van der Waals surface area contributed by atoms with Gasteiger partial charge in [-0.2, -0.15) is 18.2 Å². The summed E-state index contributed by atoms with van der Waals surface area (Å²) in [5.74, 6) is -10.0. The van der Waals surface area contributed by atoms with Crippen molar-refractivity contribution in [3.8, 4) is 5.75 Å². The number of allylic oxidation sites excluding steroid dienone is 2. The fraction of sp³-hybridized carbons (Fsp3) is 0.314. The molecular weight excluding hydrogens is 752 g/mol. The highest BCUT2D eigenvalue weighted by Gasteiger charge is 2.70. The second-order valence-corrected chi connectivity index (χ2v) is 14.4. The molecule has 0 spiro atoms. The number of carbonyl (C=O) groups excluding carboxylic acids is 4. The maximum atomic E-state index is 15.1. The first-order valence-corrected chi connectivity index (χ1v) is 17.1. The number of phenolic OH excluding ortho intramolecular Hbond substituents is 1. The summed E-state index contributed by atoms with van der Waals surface area (Å²) >= 11 is 18.9. The summed E-state index contributed by atoms with van der Waals surface area (Å²) in [5, 5.41) is 21.2. The second kappa shape index (κ2) is 12.8. The summed E-state index contributed by atoms with van der Waals surface area (Å²) in [4.78, 5) is 73.3. The number of aliphatic carboxylic acids is 1. The fourth-order valence-electron chi connectivity index (χ4n) is 8.38. The van der Waals surface area contributed by atoms with E-state index >= 15 is 4.79 Å². The van der Waals surface area contributed by atoms with Gasteiger partial charge in [0.15, 0.2) is 5.82 Å². The van der Waals surface area contributed by atoms with Crippen molar-refractivity contribution in [2.75, 3.05) is 12.0 Å². The van der Waals surface area contributed by atoms with E-state index in [1.807, 2.05) is 0 Å². The predicted molar refractivity (Wildman–Crippen MR) is 179 cm³/mol. The molecule has 11 nitrogen and oxygen atoms in total. The van der Waals surface area contributed by atoms with Crippen LogP contribution in [0.3, 0.4) is 0 Å². The molecule has 3 fully saturated rings. The maximum absolute atomic E-state index is 15.1. The number of carbonyl (C=O) groups is 5. The van der Waals surface area contributed by atoms with Crippen LogP contribution in [0.1, 0.15) is 41.9 Å². The van der Waals surface area contributed by atoms with Gasteiger partial charge >= 0.3 is 12.1 Å². The van der Waals surface area contributed by atoms with Crippen LogP contribution in [0.5, 0.6) is 5.75 Å². The van der Waals surface area contributed by atoms with Crippen LogP contribution in [0.15, 0.2) is 66.4 Å². The van der Waals surface area contributed by atoms with E-state index in [1.165, 1.54) is 30.3 Å². The molecule has 2 saturated heterocycles. The Morgan fingerprint density at radius 1 is 0.962 bits per heavy atom. The van der Waals surface area contributed by atoms with Gasteiger partial charge in [-0.25, -0.2) is 4.98 Å². The number of carboxylic acid groups (broad SMARTS) is 1. The number of nitrogens with one attached hydrogen (secondary N) is 1. The number of carboxylic acids is 1. The van der Waals surface area contributed by atoms with E-state index in [2.05, 4.69) is 10.4 Å². The Morgan fingerprint density at radius 3 is 2.31 bits per heavy atom. The normalized spacial score (nSPS) is 27.0. The van der Waals surface area contributed by atoms with Crippen LogP contribution in [0.2, 0.25) is 15.1 Å². The number of rotatable bonds is 7. The Kier molecular flexibility index (Phi) is 8.78. The Labute approximate surface area is 307 Å². The van der Waals surface area contributed by atoms with Gasteiger partial charge in [-0.3, -0.25) is 34.3 Å². The highest BCUT2D eigenvalue weighted by molar-refractivity contribution is 6.33. The minimum atomic E-state index is -4.78. The van der Waals surface area contributed by atoms with Crippen LogP contribution in [-0.2, 0) is 35.6 Å². The highest BCUT2D eigenvalue weighted by atomic mass is 35.5. The molecule has 2 aliphatic heterocycles. The van der Waals surface area contributed by atoms with Gasteiger partial charge in [0.25, 0.3) is 11.8 Å². The molecule has 2 aliphatic carbocycles. The van der Waals surface area contributed by atoms with Gasteiger partial charge in [-0.05, 0) is 60.7 Å². The summed E-state index contributed by atoms with van der Waals surface area (Å²) in [7, 11) is 0. The molecule has 17 heteroatoms.